The Hall–Kier alpha value is -4.14. The van der Waals surface area contributed by atoms with Crippen molar-refractivity contribution >= 4 is 24.1 Å². The molecule has 0 aliphatic heterocycles. The number of ether oxygens (including phenoxy) is 5. The lowest BCUT2D eigenvalue weighted by atomic mass is 9.82. The van der Waals surface area contributed by atoms with E-state index in [-0.39, 0.29) is 29.5 Å². The molecule has 1 saturated carbocycles. The zero-order valence-corrected chi connectivity index (χ0v) is 19.3. The van der Waals surface area contributed by atoms with Gasteiger partial charge in [-0.2, -0.15) is 0 Å². The van der Waals surface area contributed by atoms with Gasteiger partial charge >= 0.3 is 24.1 Å². The van der Waals surface area contributed by atoms with Gasteiger partial charge in [-0.3, -0.25) is 9.59 Å². The van der Waals surface area contributed by atoms with Gasteiger partial charge in [-0.05, 0) is 68.5 Å². The molecule has 0 bridgehead atoms. The number of carbonyl (C=O) groups excluding carboxylic acids is 4. The molecular weight excluding hydrogens is 456 g/mol. The van der Waals surface area contributed by atoms with Crippen molar-refractivity contribution in [2.24, 2.45) is 11.8 Å². The molecule has 0 heterocycles. The van der Waals surface area contributed by atoms with Gasteiger partial charge in [0.15, 0.2) is 0 Å². The number of para-hydroxylation sites is 1. The average molecular weight is 482 g/mol. The van der Waals surface area contributed by atoms with Crippen LogP contribution in [0.5, 0.6) is 17.2 Å². The molecule has 9 nitrogen and oxygen atoms in total. The Morgan fingerprint density at radius 3 is 2.00 bits per heavy atom. The molecule has 0 spiro atoms. The molecule has 0 atom stereocenters. The normalized spacial score (nSPS) is 16.9. The van der Waals surface area contributed by atoms with E-state index in [2.05, 4.69) is 16.1 Å². The first-order valence-corrected chi connectivity index (χ1v) is 11.1. The Kier molecular flexibility index (Phi) is 9.00. The molecule has 1 aliphatic carbocycles. The van der Waals surface area contributed by atoms with Crippen molar-refractivity contribution in [3.05, 3.63) is 66.7 Å². The van der Waals surface area contributed by atoms with Gasteiger partial charge in [0.2, 0.25) is 6.79 Å². The van der Waals surface area contributed by atoms with Crippen molar-refractivity contribution in [1.82, 2.24) is 0 Å². The lowest BCUT2D eigenvalue weighted by molar-refractivity contribution is -0.146. The van der Waals surface area contributed by atoms with Crippen LogP contribution in [0.4, 0.5) is 4.79 Å². The zero-order chi connectivity index (χ0) is 25.2. The molecule has 1 fully saturated rings. The van der Waals surface area contributed by atoms with Crippen molar-refractivity contribution in [3.8, 4) is 17.2 Å². The second-order valence-electron chi connectivity index (χ2n) is 7.91. The summed E-state index contributed by atoms with van der Waals surface area (Å²) in [4.78, 5) is 47.6. The highest BCUT2D eigenvalue weighted by molar-refractivity contribution is 5.81. The number of benzene rings is 2. The van der Waals surface area contributed by atoms with Gasteiger partial charge < -0.3 is 23.7 Å². The highest BCUT2D eigenvalue weighted by Crippen LogP contribution is 2.32. The summed E-state index contributed by atoms with van der Waals surface area (Å²) in [5, 5.41) is 0. The predicted octanol–water partition coefficient (Wildman–Crippen LogP) is 4.51. The monoisotopic (exact) mass is 482 g/mol. The number of esters is 3. The van der Waals surface area contributed by atoms with E-state index in [1.165, 1.54) is 12.1 Å². The van der Waals surface area contributed by atoms with Crippen LogP contribution in [0.15, 0.2) is 61.2 Å². The summed E-state index contributed by atoms with van der Waals surface area (Å²) < 4.78 is 25.1. The Morgan fingerprint density at radius 1 is 0.829 bits per heavy atom. The molecule has 9 heteroatoms. The second kappa shape index (κ2) is 12.4. The molecule has 0 N–H and O–H groups in total. The van der Waals surface area contributed by atoms with Crippen LogP contribution in [0.2, 0.25) is 0 Å². The Balaban J connectivity index is 1.45. The van der Waals surface area contributed by atoms with Gasteiger partial charge in [0, 0.05) is 6.08 Å². The highest BCUT2D eigenvalue weighted by atomic mass is 16.8. The molecule has 0 saturated heterocycles. The molecule has 0 amide bonds. The van der Waals surface area contributed by atoms with E-state index in [4.69, 9.17) is 14.2 Å². The topological polar surface area (TPSA) is 114 Å². The van der Waals surface area contributed by atoms with E-state index in [9.17, 15) is 19.2 Å². The van der Waals surface area contributed by atoms with E-state index < -0.39 is 18.9 Å². The Bertz CT molecular complexity index is 1070. The van der Waals surface area contributed by atoms with Crippen LogP contribution in [0, 0.1) is 18.8 Å². The molecule has 0 radical (unpaired) electrons. The second-order valence-corrected chi connectivity index (χ2v) is 7.91. The lowest BCUT2D eigenvalue weighted by Gasteiger charge is -2.25. The molecule has 0 unspecified atom stereocenters. The van der Waals surface area contributed by atoms with Crippen LogP contribution in [0.3, 0.4) is 0 Å². The van der Waals surface area contributed by atoms with Crippen LogP contribution in [0.1, 0.15) is 31.2 Å². The maximum Gasteiger partial charge on any atom is 0.516 e. The molecule has 0 aromatic heterocycles. The van der Waals surface area contributed by atoms with Gasteiger partial charge in [-0.25, -0.2) is 9.59 Å². The number of rotatable bonds is 8. The minimum atomic E-state index is -1.06. The van der Waals surface area contributed by atoms with Crippen LogP contribution in [0.25, 0.3) is 0 Å². The number of aryl methyl sites for hydroxylation is 1. The molecule has 2 aromatic rings. The first-order chi connectivity index (χ1) is 16.9. The van der Waals surface area contributed by atoms with Crippen LogP contribution < -0.4 is 14.2 Å². The lowest BCUT2D eigenvalue weighted by Crippen LogP contribution is -2.30. The summed E-state index contributed by atoms with van der Waals surface area (Å²) in [6.07, 6.45) is 2.01. The fourth-order valence-electron chi connectivity index (χ4n) is 3.57. The summed E-state index contributed by atoms with van der Waals surface area (Å²) in [6, 6.07) is 13.4. The van der Waals surface area contributed by atoms with Gasteiger partial charge in [0.05, 0.1) is 11.8 Å². The quantitative estimate of drug-likeness (QED) is 0.176. The third-order valence-electron chi connectivity index (χ3n) is 5.46. The average Bonchev–Trinajstić information content (AvgIpc) is 2.86. The standard InChI is InChI=1S/C26H26O9/c1-3-23(27)31-16-32-26(30)35-22-14-13-21(15-17(22)2)34-25(29)19-11-9-18(10-12-19)24(28)33-20-7-5-4-6-8-20/h3-8,13-15,18-19H,1,9-12,16H2,2H3. The van der Waals surface area contributed by atoms with Crippen molar-refractivity contribution in [2.75, 3.05) is 6.79 Å². The minimum absolute atomic E-state index is 0.197. The largest absolute Gasteiger partial charge is 0.516 e. The summed E-state index contributed by atoms with van der Waals surface area (Å²) in [6.45, 7) is 4.28. The summed E-state index contributed by atoms with van der Waals surface area (Å²) in [5.41, 5.74) is 0.530. The Morgan fingerprint density at radius 2 is 1.43 bits per heavy atom. The van der Waals surface area contributed by atoms with Crippen LogP contribution >= 0.6 is 0 Å². The molecular formula is C26H26O9. The molecule has 35 heavy (non-hydrogen) atoms. The number of carbonyl (C=O) groups is 4. The van der Waals surface area contributed by atoms with E-state index in [1.807, 2.05) is 6.07 Å². The van der Waals surface area contributed by atoms with Gasteiger partial charge in [-0.15, -0.1) is 0 Å². The smallest absolute Gasteiger partial charge is 0.426 e. The maximum absolute atomic E-state index is 12.6. The van der Waals surface area contributed by atoms with Crippen LogP contribution in [-0.4, -0.2) is 30.9 Å². The molecule has 3 rings (SSSR count). The first-order valence-electron chi connectivity index (χ1n) is 11.1. The van der Waals surface area contributed by atoms with E-state index >= 15 is 0 Å². The van der Waals surface area contributed by atoms with Crippen molar-refractivity contribution in [3.63, 3.8) is 0 Å². The van der Waals surface area contributed by atoms with Gasteiger partial charge in [0.1, 0.15) is 17.2 Å². The first kappa shape index (κ1) is 25.5. The molecule has 1 aliphatic rings. The highest BCUT2D eigenvalue weighted by Gasteiger charge is 2.32. The molecule has 184 valence electrons. The minimum Gasteiger partial charge on any atom is -0.426 e. The summed E-state index contributed by atoms with van der Waals surface area (Å²) in [7, 11) is 0. The van der Waals surface area contributed by atoms with E-state index in [0.717, 1.165) is 6.08 Å². The van der Waals surface area contributed by atoms with Crippen molar-refractivity contribution < 1.29 is 42.9 Å². The maximum atomic E-state index is 12.6. The van der Waals surface area contributed by atoms with Crippen molar-refractivity contribution in [2.45, 2.75) is 32.6 Å². The Labute approximate surface area is 202 Å². The fourth-order valence-corrected chi connectivity index (χ4v) is 3.57. The zero-order valence-electron chi connectivity index (χ0n) is 19.3. The van der Waals surface area contributed by atoms with E-state index in [1.54, 1.807) is 37.3 Å². The van der Waals surface area contributed by atoms with Crippen molar-refractivity contribution in [1.29, 1.82) is 0 Å². The fraction of sp³-hybridized carbons (Fsp3) is 0.308. The molecule has 2 aromatic carbocycles. The number of hydrogen-bond donors (Lipinski definition) is 0. The van der Waals surface area contributed by atoms with Crippen LogP contribution in [-0.2, 0) is 23.9 Å². The SMILES string of the molecule is C=CC(=O)OCOC(=O)Oc1ccc(OC(=O)C2CCC(C(=O)Oc3ccccc3)CC2)cc1C. The summed E-state index contributed by atoms with van der Waals surface area (Å²) in [5.74, 6) is -0.964. The van der Waals surface area contributed by atoms with Gasteiger partial charge in [0.25, 0.3) is 0 Å². The van der Waals surface area contributed by atoms with E-state index in [0.29, 0.717) is 42.7 Å². The third kappa shape index (κ3) is 7.70. The number of hydrogen-bond acceptors (Lipinski definition) is 9. The predicted molar refractivity (Wildman–Crippen MR) is 123 cm³/mol. The summed E-state index contributed by atoms with van der Waals surface area (Å²) >= 11 is 0. The third-order valence-corrected chi connectivity index (χ3v) is 5.46. The van der Waals surface area contributed by atoms with Gasteiger partial charge in [-0.1, -0.05) is 24.8 Å².